The second-order valence-corrected chi connectivity index (χ2v) is 11.1. The summed E-state index contributed by atoms with van der Waals surface area (Å²) in [6.45, 7) is 3.98. The predicted octanol–water partition coefficient (Wildman–Crippen LogP) is 1.90. The molecule has 4 amide bonds. The third-order valence-electron chi connectivity index (χ3n) is 7.47. The van der Waals surface area contributed by atoms with Gasteiger partial charge in [0, 0.05) is 18.5 Å². The normalized spacial score (nSPS) is 19.8. The Labute approximate surface area is 259 Å². The van der Waals surface area contributed by atoms with Crippen molar-refractivity contribution in [1.82, 2.24) is 46.5 Å². The van der Waals surface area contributed by atoms with Gasteiger partial charge >= 0.3 is 0 Å². The molecule has 0 spiro atoms. The highest BCUT2D eigenvalue weighted by atomic mass is 16.3. The zero-order valence-corrected chi connectivity index (χ0v) is 25.0. The van der Waals surface area contributed by atoms with Crippen molar-refractivity contribution >= 4 is 23.6 Å². The number of benzene rings is 2. The zero-order valence-electron chi connectivity index (χ0n) is 25.0. The van der Waals surface area contributed by atoms with E-state index in [0.29, 0.717) is 37.1 Å². The van der Waals surface area contributed by atoms with Crippen LogP contribution in [0.2, 0.25) is 0 Å². The molecule has 14 nitrogen and oxygen atoms in total. The van der Waals surface area contributed by atoms with Gasteiger partial charge < -0.3 is 25.7 Å². The van der Waals surface area contributed by atoms with Gasteiger partial charge in [-0.1, -0.05) is 44.2 Å². The molecule has 2 aromatic heterocycles. The summed E-state index contributed by atoms with van der Waals surface area (Å²) in [6, 6.07) is 13.5. The maximum Gasteiger partial charge on any atom is 0.273 e. The molecule has 4 N–H and O–H groups in total. The van der Waals surface area contributed by atoms with Crippen molar-refractivity contribution in [3.8, 4) is 5.69 Å². The first-order valence-corrected chi connectivity index (χ1v) is 14.8. The van der Waals surface area contributed by atoms with Crippen molar-refractivity contribution in [2.75, 3.05) is 6.54 Å². The maximum atomic E-state index is 13.7. The smallest absolute Gasteiger partial charge is 0.273 e. The molecule has 0 radical (unpaired) electrons. The Hall–Kier alpha value is -5.40. The molecule has 45 heavy (non-hydrogen) atoms. The van der Waals surface area contributed by atoms with Gasteiger partial charge in [0.05, 0.1) is 5.69 Å². The van der Waals surface area contributed by atoms with Crippen molar-refractivity contribution in [3.05, 3.63) is 89.9 Å². The number of hydrogen-bond donors (Lipinski definition) is 4. The summed E-state index contributed by atoms with van der Waals surface area (Å²) in [6.07, 6.45) is 4.40. The topological polar surface area (TPSA) is 186 Å². The minimum atomic E-state index is -0.930. The summed E-state index contributed by atoms with van der Waals surface area (Å²) in [7, 11) is 0. The SMILES string of the molecule is CC(C)[C@@H]1NC(=O)[C@@H](NC(=O)c2ccc(-n3cnnn3)cc2)CCCCNC(=O)c2coc(n2)[C@@H](Cc2ccccc2)NC1=O. The summed E-state index contributed by atoms with van der Waals surface area (Å²) < 4.78 is 7.12. The van der Waals surface area contributed by atoms with Crippen LogP contribution in [0.5, 0.6) is 0 Å². The highest BCUT2D eigenvalue weighted by molar-refractivity contribution is 5.98. The molecule has 2 aromatic carbocycles. The van der Waals surface area contributed by atoms with Gasteiger partial charge in [0.15, 0.2) is 5.69 Å². The van der Waals surface area contributed by atoms with Crippen LogP contribution in [0.15, 0.2) is 71.6 Å². The Balaban J connectivity index is 1.36. The number of fused-ring (bicyclic) bond motifs is 2. The summed E-state index contributed by atoms with van der Waals surface area (Å²) in [5, 5.41) is 22.5. The van der Waals surface area contributed by atoms with Crippen molar-refractivity contribution < 1.29 is 23.6 Å². The lowest BCUT2D eigenvalue weighted by Crippen LogP contribution is -2.56. The predicted molar refractivity (Wildman–Crippen MR) is 161 cm³/mol. The number of carbonyl (C=O) groups is 4. The number of carbonyl (C=O) groups excluding carboxylic acids is 4. The molecule has 0 aliphatic carbocycles. The van der Waals surface area contributed by atoms with Gasteiger partial charge in [-0.05, 0) is 65.4 Å². The van der Waals surface area contributed by atoms with Crippen LogP contribution >= 0.6 is 0 Å². The summed E-state index contributed by atoms with van der Waals surface area (Å²) in [5.74, 6) is -1.90. The number of nitrogens with one attached hydrogen (secondary N) is 4. The molecule has 1 aliphatic heterocycles. The molecule has 14 heteroatoms. The van der Waals surface area contributed by atoms with Gasteiger partial charge in [-0.15, -0.1) is 5.10 Å². The van der Waals surface area contributed by atoms with E-state index in [1.807, 2.05) is 44.2 Å². The fourth-order valence-corrected chi connectivity index (χ4v) is 4.97. The van der Waals surface area contributed by atoms with Crippen LogP contribution in [0.3, 0.4) is 0 Å². The standard InChI is InChI=1S/C31H35N9O5/c1-19(2)26-30(44)35-24(16-20-8-4-3-5-9-20)31-36-25(17-45-31)28(42)32-15-7-6-10-23(29(43)37-26)34-27(41)21-11-13-22(14-12-21)40-18-33-38-39-40/h3-5,8-9,11-14,17-19,23-24,26H,6-7,10,15-16H2,1-2H3,(H,32,42)(H,34,41)(H,35,44)(H,37,43)/t23-,24+,26-/m0/s1. The van der Waals surface area contributed by atoms with Crippen LogP contribution in [-0.4, -0.2) is 67.4 Å². The monoisotopic (exact) mass is 613 g/mol. The van der Waals surface area contributed by atoms with Crippen LogP contribution in [0.1, 0.15) is 71.5 Å². The van der Waals surface area contributed by atoms with E-state index in [0.717, 1.165) is 5.56 Å². The second-order valence-electron chi connectivity index (χ2n) is 11.1. The number of hydrogen-bond acceptors (Lipinski definition) is 9. The molecule has 0 saturated carbocycles. The van der Waals surface area contributed by atoms with E-state index < -0.39 is 41.8 Å². The molecule has 2 bridgehead atoms. The highest BCUT2D eigenvalue weighted by Crippen LogP contribution is 2.20. The average Bonchev–Trinajstić information content (AvgIpc) is 3.76. The van der Waals surface area contributed by atoms with Crippen LogP contribution in [0.4, 0.5) is 0 Å². The number of rotatable bonds is 6. The van der Waals surface area contributed by atoms with E-state index >= 15 is 0 Å². The van der Waals surface area contributed by atoms with E-state index in [9.17, 15) is 19.2 Å². The molecule has 0 unspecified atom stereocenters. The van der Waals surface area contributed by atoms with Gasteiger partial charge in [-0.3, -0.25) is 19.2 Å². The Kier molecular flexibility index (Phi) is 9.92. The second kappa shape index (κ2) is 14.4. The molecule has 0 fully saturated rings. The third-order valence-corrected chi connectivity index (χ3v) is 7.47. The molecule has 234 valence electrons. The van der Waals surface area contributed by atoms with Crippen LogP contribution in [0.25, 0.3) is 5.69 Å². The van der Waals surface area contributed by atoms with Crippen LogP contribution in [0, 0.1) is 5.92 Å². The summed E-state index contributed by atoms with van der Waals surface area (Å²) >= 11 is 0. The lowest BCUT2D eigenvalue weighted by molar-refractivity contribution is -0.131. The number of amides is 4. The molecule has 4 aromatic rings. The lowest BCUT2D eigenvalue weighted by atomic mass is 10.00. The number of aromatic nitrogens is 5. The Morgan fingerprint density at radius 2 is 1.80 bits per heavy atom. The van der Waals surface area contributed by atoms with Crippen molar-refractivity contribution in [2.45, 2.75) is 57.7 Å². The minimum absolute atomic E-state index is 0.106. The Bertz CT molecular complexity index is 1600. The fraction of sp³-hybridized carbons (Fsp3) is 0.355. The van der Waals surface area contributed by atoms with Crippen molar-refractivity contribution in [1.29, 1.82) is 0 Å². The molecule has 1 aliphatic rings. The molecule has 3 heterocycles. The van der Waals surface area contributed by atoms with Crippen molar-refractivity contribution in [2.24, 2.45) is 5.92 Å². The first-order chi connectivity index (χ1) is 21.8. The summed E-state index contributed by atoms with van der Waals surface area (Å²) in [5.41, 5.74) is 2.03. The van der Waals surface area contributed by atoms with Gasteiger partial charge in [0.2, 0.25) is 17.7 Å². The van der Waals surface area contributed by atoms with Crippen LogP contribution in [-0.2, 0) is 16.0 Å². The quantitative estimate of drug-likeness (QED) is 0.252. The maximum absolute atomic E-state index is 13.7. The van der Waals surface area contributed by atoms with E-state index in [-0.39, 0.29) is 23.9 Å². The van der Waals surface area contributed by atoms with E-state index in [1.165, 1.54) is 17.3 Å². The van der Waals surface area contributed by atoms with E-state index in [4.69, 9.17) is 4.42 Å². The molecular formula is C31H35N9O5. The number of nitrogens with zero attached hydrogens (tertiary/aromatic N) is 5. The fourth-order valence-electron chi connectivity index (χ4n) is 4.97. The lowest BCUT2D eigenvalue weighted by Gasteiger charge is -2.27. The van der Waals surface area contributed by atoms with Gasteiger partial charge in [0.25, 0.3) is 11.8 Å². The van der Waals surface area contributed by atoms with Gasteiger partial charge in [-0.25, -0.2) is 9.67 Å². The molecule has 0 saturated heterocycles. The number of tetrazole rings is 1. The van der Waals surface area contributed by atoms with Gasteiger partial charge in [0.1, 0.15) is 30.7 Å². The summed E-state index contributed by atoms with van der Waals surface area (Å²) in [4.78, 5) is 57.7. The zero-order chi connectivity index (χ0) is 31.8. The molecule has 3 atom stereocenters. The van der Waals surface area contributed by atoms with Crippen molar-refractivity contribution in [3.63, 3.8) is 0 Å². The first-order valence-electron chi connectivity index (χ1n) is 14.8. The third kappa shape index (κ3) is 7.96. The van der Waals surface area contributed by atoms with Gasteiger partial charge in [-0.2, -0.15) is 0 Å². The van der Waals surface area contributed by atoms with E-state index in [2.05, 4.69) is 41.8 Å². The first kappa shape index (κ1) is 31.0. The number of oxazole rings is 1. The molecular weight excluding hydrogens is 578 g/mol. The Morgan fingerprint density at radius 3 is 2.51 bits per heavy atom. The molecule has 5 rings (SSSR count). The average molecular weight is 614 g/mol. The van der Waals surface area contributed by atoms with Crippen LogP contribution < -0.4 is 21.3 Å². The minimum Gasteiger partial charge on any atom is -0.446 e. The van der Waals surface area contributed by atoms with E-state index in [1.54, 1.807) is 24.3 Å². The Morgan fingerprint density at radius 1 is 1.02 bits per heavy atom. The highest BCUT2D eigenvalue weighted by Gasteiger charge is 2.32. The largest absolute Gasteiger partial charge is 0.446 e.